The summed E-state index contributed by atoms with van der Waals surface area (Å²) < 4.78 is 5.47. The average Bonchev–Trinajstić information content (AvgIpc) is 2.81. The third kappa shape index (κ3) is 3.19. The Bertz CT molecular complexity index is 261. The van der Waals surface area contributed by atoms with Crippen molar-refractivity contribution < 1.29 is 14.6 Å². The van der Waals surface area contributed by atoms with Crippen LogP contribution in [0.3, 0.4) is 0 Å². The summed E-state index contributed by atoms with van der Waals surface area (Å²) in [5.74, 6) is 0.146. The molecule has 2 rings (SSSR count). The average molecular weight is 241 g/mol. The first-order chi connectivity index (χ1) is 8.18. The molecule has 4 nitrogen and oxygen atoms in total. The highest BCUT2D eigenvalue weighted by atomic mass is 16.5. The van der Waals surface area contributed by atoms with Crippen LogP contribution < -0.4 is 0 Å². The van der Waals surface area contributed by atoms with Gasteiger partial charge < -0.3 is 14.7 Å². The number of likely N-dealkylation sites (tertiary alicyclic amines) is 1. The largest absolute Gasteiger partial charge is 0.393 e. The molecule has 98 valence electrons. The molecule has 2 heterocycles. The lowest BCUT2D eigenvalue weighted by Gasteiger charge is -2.37. The highest BCUT2D eigenvalue weighted by molar-refractivity contribution is 5.81. The number of carbonyl (C=O) groups is 1. The van der Waals surface area contributed by atoms with Gasteiger partial charge in [0.1, 0.15) is 6.10 Å². The zero-order valence-electron chi connectivity index (χ0n) is 10.6. The summed E-state index contributed by atoms with van der Waals surface area (Å²) in [5.41, 5.74) is 0. The van der Waals surface area contributed by atoms with Crippen LogP contribution in [0.15, 0.2) is 0 Å². The summed E-state index contributed by atoms with van der Waals surface area (Å²) in [6, 6.07) is 0.209. The minimum absolute atomic E-state index is 0.146. The number of rotatable bonds is 3. The van der Waals surface area contributed by atoms with Crippen molar-refractivity contribution in [2.45, 2.75) is 63.7 Å². The Hall–Kier alpha value is -0.610. The fourth-order valence-electron chi connectivity index (χ4n) is 2.89. The Morgan fingerprint density at radius 3 is 2.88 bits per heavy atom. The maximum atomic E-state index is 12.3. The van der Waals surface area contributed by atoms with Gasteiger partial charge in [0.2, 0.25) is 0 Å². The molecule has 3 unspecified atom stereocenters. The molecule has 17 heavy (non-hydrogen) atoms. The number of nitrogens with zero attached hydrogens (tertiary/aromatic N) is 1. The Morgan fingerprint density at radius 2 is 2.24 bits per heavy atom. The summed E-state index contributed by atoms with van der Waals surface area (Å²) in [4.78, 5) is 14.3. The molecule has 1 N–H and O–H groups in total. The number of piperidine rings is 1. The number of carbonyl (C=O) groups excluding carboxylic acids is 1. The van der Waals surface area contributed by atoms with Crippen molar-refractivity contribution in [3.8, 4) is 0 Å². The monoisotopic (exact) mass is 241 g/mol. The molecule has 4 heteroatoms. The van der Waals surface area contributed by atoms with E-state index in [2.05, 4.69) is 0 Å². The third-order valence-electron chi connectivity index (χ3n) is 3.73. The van der Waals surface area contributed by atoms with E-state index >= 15 is 0 Å². The van der Waals surface area contributed by atoms with Crippen LogP contribution >= 0.6 is 0 Å². The molecular formula is C13H23NO3. The molecule has 0 spiro atoms. The smallest absolute Gasteiger partial charge is 0.251 e. The molecule has 3 atom stereocenters. The van der Waals surface area contributed by atoms with Crippen LogP contribution in [0.25, 0.3) is 0 Å². The first-order valence-electron chi connectivity index (χ1n) is 6.78. The molecule has 2 saturated heterocycles. The quantitative estimate of drug-likeness (QED) is 0.810. The summed E-state index contributed by atoms with van der Waals surface area (Å²) in [6.45, 7) is 3.34. The molecular weight excluding hydrogens is 218 g/mol. The van der Waals surface area contributed by atoms with Crippen LogP contribution in [-0.4, -0.2) is 47.3 Å². The lowest BCUT2D eigenvalue weighted by atomic mass is 9.96. The Labute approximate surface area is 103 Å². The van der Waals surface area contributed by atoms with Gasteiger partial charge in [0.15, 0.2) is 0 Å². The lowest BCUT2D eigenvalue weighted by molar-refractivity contribution is -0.145. The van der Waals surface area contributed by atoms with Gasteiger partial charge in [-0.05, 0) is 45.4 Å². The number of aliphatic hydroxyl groups excluding tert-OH is 1. The number of aliphatic hydroxyl groups is 1. The van der Waals surface area contributed by atoms with Gasteiger partial charge in [-0.2, -0.15) is 0 Å². The molecule has 1 amide bonds. The van der Waals surface area contributed by atoms with Gasteiger partial charge in [0.25, 0.3) is 5.91 Å². The number of ether oxygens (including phenoxy) is 1. The second-order valence-corrected chi connectivity index (χ2v) is 5.27. The van der Waals surface area contributed by atoms with Crippen LogP contribution in [-0.2, 0) is 9.53 Å². The van der Waals surface area contributed by atoms with Gasteiger partial charge in [-0.3, -0.25) is 4.79 Å². The SMILES string of the molecule is CC(O)CC1CCCCN1C(=O)C1CCCO1. The minimum Gasteiger partial charge on any atom is -0.393 e. The standard InChI is InChI=1S/C13H23NO3/c1-10(15)9-11-5-2-3-7-14(11)13(16)12-6-4-8-17-12/h10-12,15H,2-9H2,1H3. The minimum atomic E-state index is -0.335. The topological polar surface area (TPSA) is 49.8 Å². The molecule has 2 aliphatic rings. The van der Waals surface area contributed by atoms with Crippen LogP contribution in [0.2, 0.25) is 0 Å². The van der Waals surface area contributed by atoms with Gasteiger partial charge in [-0.25, -0.2) is 0 Å². The summed E-state index contributed by atoms with van der Waals surface area (Å²) in [5, 5.41) is 9.50. The van der Waals surface area contributed by atoms with Crippen LogP contribution in [0, 0.1) is 0 Å². The van der Waals surface area contributed by atoms with Crippen molar-refractivity contribution in [2.24, 2.45) is 0 Å². The zero-order chi connectivity index (χ0) is 12.3. The fourth-order valence-corrected chi connectivity index (χ4v) is 2.89. The lowest BCUT2D eigenvalue weighted by Crippen LogP contribution is -2.49. The number of hydrogen-bond donors (Lipinski definition) is 1. The van der Waals surface area contributed by atoms with E-state index in [4.69, 9.17) is 4.74 Å². The third-order valence-corrected chi connectivity index (χ3v) is 3.73. The molecule has 0 aromatic carbocycles. The molecule has 0 aromatic rings. The normalized spacial score (nSPS) is 31.5. The van der Waals surface area contributed by atoms with Gasteiger partial charge in [-0.15, -0.1) is 0 Å². The van der Waals surface area contributed by atoms with E-state index in [9.17, 15) is 9.90 Å². The van der Waals surface area contributed by atoms with Gasteiger partial charge in [0.05, 0.1) is 6.10 Å². The highest BCUT2D eigenvalue weighted by Crippen LogP contribution is 2.24. The van der Waals surface area contributed by atoms with Crippen molar-refractivity contribution in [1.29, 1.82) is 0 Å². The highest BCUT2D eigenvalue weighted by Gasteiger charge is 2.33. The van der Waals surface area contributed by atoms with Crippen molar-refractivity contribution in [1.82, 2.24) is 4.90 Å². The fraction of sp³-hybridized carbons (Fsp3) is 0.923. The zero-order valence-corrected chi connectivity index (χ0v) is 10.6. The molecule has 0 aliphatic carbocycles. The van der Waals surface area contributed by atoms with Crippen LogP contribution in [0.4, 0.5) is 0 Å². The van der Waals surface area contributed by atoms with E-state index in [1.54, 1.807) is 6.92 Å². The first kappa shape index (κ1) is 12.8. The van der Waals surface area contributed by atoms with E-state index in [0.717, 1.165) is 38.6 Å². The first-order valence-corrected chi connectivity index (χ1v) is 6.78. The van der Waals surface area contributed by atoms with E-state index in [1.807, 2.05) is 4.90 Å². The van der Waals surface area contributed by atoms with Crippen molar-refractivity contribution in [3.05, 3.63) is 0 Å². The number of amides is 1. The van der Waals surface area contributed by atoms with E-state index in [-0.39, 0.29) is 24.2 Å². The molecule has 0 radical (unpaired) electrons. The van der Waals surface area contributed by atoms with Crippen molar-refractivity contribution in [3.63, 3.8) is 0 Å². The second kappa shape index (κ2) is 5.83. The maximum absolute atomic E-state index is 12.3. The van der Waals surface area contributed by atoms with Gasteiger partial charge >= 0.3 is 0 Å². The predicted molar refractivity (Wildman–Crippen MR) is 64.6 cm³/mol. The van der Waals surface area contributed by atoms with Crippen LogP contribution in [0.1, 0.15) is 45.4 Å². The van der Waals surface area contributed by atoms with Crippen LogP contribution in [0.5, 0.6) is 0 Å². The molecule has 2 aliphatic heterocycles. The van der Waals surface area contributed by atoms with E-state index in [0.29, 0.717) is 13.0 Å². The molecule has 0 aromatic heterocycles. The van der Waals surface area contributed by atoms with Crippen molar-refractivity contribution in [2.75, 3.05) is 13.2 Å². The van der Waals surface area contributed by atoms with Gasteiger partial charge in [-0.1, -0.05) is 0 Å². The predicted octanol–water partition coefficient (Wildman–Crippen LogP) is 1.32. The summed E-state index contributed by atoms with van der Waals surface area (Å²) in [7, 11) is 0. The van der Waals surface area contributed by atoms with Crippen molar-refractivity contribution >= 4 is 5.91 Å². The maximum Gasteiger partial charge on any atom is 0.251 e. The molecule has 2 fully saturated rings. The van der Waals surface area contributed by atoms with Gasteiger partial charge in [0, 0.05) is 19.2 Å². The number of hydrogen-bond acceptors (Lipinski definition) is 3. The Morgan fingerprint density at radius 1 is 1.41 bits per heavy atom. The molecule has 0 saturated carbocycles. The Kier molecular flexibility index (Phi) is 4.40. The molecule has 0 bridgehead atoms. The Balaban J connectivity index is 1.97. The summed E-state index contributed by atoms with van der Waals surface area (Å²) in [6.07, 6.45) is 5.24. The second-order valence-electron chi connectivity index (χ2n) is 5.27. The van der Waals surface area contributed by atoms with E-state index < -0.39 is 0 Å². The van der Waals surface area contributed by atoms with E-state index in [1.165, 1.54) is 0 Å². The summed E-state index contributed by atoms with van der Waals surface area (Å²) >= 11 is 0.